The molecular formula is C16H14ClNO. The highest BCUT2D eigenvalue weighted by Crippen LogP contribution is 2.30. The summed E-state index contributed by atoms with van der Waals surface area (Å²) < 4.78 is 5.97. The molecule has 0 amide bonds. The van der Waals surface area contributed by atoms with Crippen molar-refractivity contribution in [3.63, 3.8) is 0 Å². The third-order valence-corrected chi connectivity index (χ3v) is 3.22. The second kappa shape index (κ2) is 5.34. The van der Waals surface area contributed by atoms with Crippen LogP contribution in [0.25, 0.3) is 0 Å². The fourth-order valence-corrected chi connectivity index (χ4v) is 2.06. The SMILES string of the molecule is CC(C)(Oc1ccc(C#N)c(Cl)c1)c1ccccc1. The van der Waals surface area contributed by atoms with Crippen LogP contribution in [0.15, 0.2) is 48.5 Å². The molecule has 0 aliphatic rings. The summed E-state index contributed by atoms with van der Waals surface area (Å²) in [5, 5.41) is 9.25. The largest absolute Gasteiger partial charge is 0.483 e. The topological polar surface area (TPSA) is 33.0 Å². The Balaban J connectivity index is 2.26. The van der Waals surface area contributed by atoms with Crippen LogP contribution in [0.4, 0.5) is 0 Å². The van der Waals surface area contributed by atoms with Gasteiger partial charge in [-0.3, -0.25) is 0 Å². The molecule has 2 aromatic carbocycles. The van der Waals surface area contributed by atoms with Crippen LogP contribution < -0.4 is 4.74 Å². The quantitative estimate of drug-likeness (QED) is 0.822. The van der Waals surface area contributed by atoms with E-state index in [0.29, 0.717) is 16.3 Å². The molecule has 0 unspecified atom stereocenters. The molecular weight excluding hydrogens is 258 g/mol. The van der Waals surface area contributed by atoms with E-state index in [-0.39, 0.29) is 0 Å². The Hall–Kier alpha value is -1.98. The van der Waals surface area contributed by atoms with Crippen LogP contribution in [0.5, 0.6) is 5.75 Å². The molecule has 2 rings (SSSR count). The van der Waals surface area contributed by atoms with E-state index in [1.165, 1.54) is 0 Å². The van der Waals surface area contributed by atoms with Crippen molar-refractivity contribution >= 4 is 11.6 Å². The summed E-state index contributed by atoms with van der Waals surface area (Å²) >= 11 is 6.00. The van der Waals surface area contributed by atoms with Crippen molar-refractivity contribution in [2.75, 3.05) is 0 Å². The minimum absolute atomic E-state index is 0.406. The second-order valence-electron chi connectivity index (χ2n) is 4.73. The van der Waals surface area contributed by atoms with Gasteiger partial charge in [-0.1, -0.05) is 41.9 Å². The van der Waals surface area contributed by atoms with Crippen molar-refractivity contribution in [1.29, 1.82) is 5.26 Å². The van der Waals surface area contributed by atoms with Gasteiger partial charge in [0.15, 0.2) is 0 Å². The van der Waals surface area contributed by atoms with Gasteiger partial charge in [-0.05, 0) is 31.5 Å². The number of nitrogens with zero attached hydrogens (tertiary/aromatic N) is 1. The lowest BCUT2D eigenvalue weighted by Gasteiger charge is -2.27. The molecule has 0 aliphatic heterocycles. The van der Waals surface area contributed by atoms with Gasteiger partial charge < -0.3 is 4.74 Å². The number of hydrogen-bond acceptors (Lipinski definition) is 2. The molecule has 96 valence electrons. The van der Waals surface area contributed by atoms with E-state index < -0.39 is 5.60 Å². The van der Waals surface area contributed by atoms with E-state index in [2.05, 4.69) is 0 Å². The number of hydrogen-bond donors (Lipinski definition) is 0. The average molecular weight is 272 g/mol. The molecule has 0 aromatic heterocycles. The summed E-state index contributed by atoms with van der Waals surface area (Å²) in [6.45, 7) is 3.99. The van der Waals surface area contributed by atoms with Gasteiger partial charge in [-0.2, -0.15) is 5.26 Å². The standard InChI is InChI=1S/C16H14ClNO/c1-16(2,13-6-4-3-5-7-13)19-14-9-8-12(11-18)15(17)10-14/h3-10H,1-2H3. The molecule has 0 aliphatic carbocycles. The molecule has 0 fully saturated rings. The summed E-state index contributed by atoms with van der Waals surface area (Å²) in [5.74, 6) is 0.651. The maximum absolute atomic E-state index is 8.84. The van der Waals surface area contributed by atoms with Crippen LogP contribution in [-0.2, 0) is 5.60 Å². The Kier molecular flexibility index (Phi) is 3.78. The van der Waals surface area contributed by atoms with Crippen molar-refractivity contribution < 1.29 is 4.74 Å². The van der Waals surface area contributed by atoms with Gasteiger partial charge >= 0.3 is 0 Å². The number of nitriles is 1. The van der Waals surface area contributed by atoms with Crippen LogP contribution in [0, 0.1) is 11.3 Å². The first-order chi connectivity index (χ1) is 9.03. The zero-order valence-electron chi connectivity index (χ0n) is 10.9. The van der Waals surface area contributed by atoms with Gasteiger partial charge in [0.25, 0.3) is 0 Å². The molecule has 0 bridgehead atoms. The van der Waals surface area contributed by atoms with Gasteiger partial charge in [-0.15, -0.1) is 0 Å². The summed E-state index contributed by atoms with van der Waals surface area (Å²) in [5.41, 5.74) is 1.07. The van der Waals surface area contributed by atoms with Gasteiger partial charge in [0.1, 0.15) is 17.4 Å². The van der Waals surface area contributed by atoms with E-state index in [4.69, 9.17) is 21.6 Å². The molecule has 0 radical (unpaired) electrons. The normalized spacial score (nSPS) is 10.8. The lowest BCUT2D eigenvalue weighted by Crippen LogP contribution is -2.25. The maximum Gasteiger partial charge on any atom is 0.128 e. The van der Waals surface area contributed by atoms with Gasteiger partial charge in [0.05, 0.1) is 10.6 Å². The van der Waals surface area contributed by atoms with Gasteiger partial charge in [0, 0.05) is 6.07 Å². The maximum atomic E-state index is 8.84. The predicted molar refractivity (Wildman–Crippen MR) is 76.3 cm³/mol. The first-order valence-electron chi connectivity index (χ1n) is 5.97. The highest BCUT2D eigenvalue weighted by atomic mass is 35.5. The smallest absolute Gasteiger partial charge is 0.128 e. The van der Waals surface area contributed by atoms with Gasteiger partial charge in [-0.25, -0.2) is 0 Å². The fraction of sp³-hybridized carbons (Fsp3) is 0.188. The Labute approximate surface area is 118 Å². The highest BCUT2D eigenvalue weighted by Gasteiger charge is 2.22. The van der Waals surface area contributed by atoms with E-state index in [1.807, 2.05) is 50.2 Å². The predicted octanol–water partition coefficient (Wildman–Crippen LogP) is 4.53. The molecule has 2 nitrogen and oxygen atoms in total. The Morgan fingerprint density at radius 3 is 2.37 bits per heavy atom. The summed E-state index contributed by atoms with van der Waals surface area (Å²) in [7, 11) is 0. The summed E-state index contributed by atoms with van der Waals surface area (Å²) in [6, 6.07) is 17.1. The van der Waals surface area contributed by atoms with Crippen LogP contribution in [-0.4, -0.2) is 0 Å². The third kappa shape index (κ3) is 3.07. The number of rotatable bonds is 3. The lowest BCUT2D eigenvalue weighted by atomic mass is 9.98. The van der Waals surface area contributed by atoms with E-state index in [1.54, 1.807) is 18.2 Å². The van der Waals surface area contributed by atoms with Crippen molar-refractivity contribution in [2.24, 2.45) is 0 Å². The number of ether oxygens (including phenoxy) is 1. The van der Waals surface area contributed by atoms with Crippen LogP contribution in [0.2, 0.25) is 5.02 Å². The Morgan fingerprint density at radius 2 is 1.79 bits per heavy atom. The van der Waals surface area contributed by atoms with E-state index in [0.717, 1.165) is 5.56 Å². The molecule has 19 heavy (non-hydrogen) atoms. The highest BCUT2D eigenvalue weighted by molar-refractivity contribution is 6.31. The monoisotopic (exact) mass is 271 g/mol. The average Bonchev–Trinajstić information content (AvgIpc) is 2.39. The fourth-order valence-electron chi connectivity index (χ4n) is 1.84. The van der Waals surface area contributed by atoms with Gasteiger partial charge in [0.2, 0.25) is 0 Å². The first-order valence-corrected chi connectivity index (χ1v) is 6.35. The molecule has 0 saturated carbocycles. The summed E-state index contributed by atoms with van der Waals surface area (Å²) in [4.78, 5) is 0. The van der Waals surface area contributed by atoms with Crippen LogP contribution in [0.3, 0.4) is 0 Å². The minimum atomic E-state index is -0.460. The lowest BCUT2D eigenvalue weighted by molar-refractivity contribution is 0.109. The van der Waals surface area contributed by atoms with E-state index >= 15 is 0 Å². The van der Waals surface area contributed by atoms with Crippen molar-refractivity contribution in [3.8, 4) is 11.8 Å². The second-order valence-corrected chi connectivity index (χ2v) is 5.14. The zero-order valence-corrected chi connectivity index (χ0v) is 11.6. The van der Waals surface area contributed by atoms with Crippen molar-refractivity contribution in [3.05, 3.63) is 64.7 Å². The van der Waals surface area contributed by atoms with Crippen molar-refractivity contribution in [1.82, 2.24) is 0 Å². The van der Waals surface area contributed by atoms with Crippen LogP contribution >= 0.6 is 11.6 Å². The molecule has 0 spiro atoms. The molecule has 0 atom stereocenters. The molecule has 2 aromatic rings. The third-order valence-electron chi connectivity index (χ3n) is 2.90. The van der Waals surface area contributed by atoms with Crippen LogP contribution in [0.1, 0.15) is 25.0 Å². The first kappa shape index (κ1) is 13.5. The Bertz CT molecular complexity index is 614. The van der Waals surface area contributed by atoms with Crippen molar-refractivity contribution in [2.45, 2.75) is 19.4 Å². The zero-order chi connectivity index (χ0) is 13.9. The molecule has 3 heteroatoms. The molecule has 0 heterocycles. The molecule has 0 N–H and O–H groups in total. The van der Waals surface area contributed by atoms with E-state index in [9.17, 15) is 0 Å². The molecule has 0 saturated heterocycles. The Morgan fingerprint density at radius 1 is 1.11 bits per heavy atom. The summed E-state index contributed by atoms with van der Waals surface area (Å²) in [6.07, 6.45) is 0. The minimum Gasteiger partial charge on any atom is -0.483 e. The number of benzene rings is 2. The number of halogens is 1.